The maximum Gasteiger partial charge on any atom is 0.0682 e. The Hall–Kier alpha value is -1.13. The fourth-order valence-electron chi connectivity index (χ4n) is 2.69. The van der Waals surface area contributed by atoms with E-state index in [-0.39, 0.29) is 6.04 Å². The summed E-state index contributed by atoms with van der Waals surface area (Å²) in [6, 6.07) is 6.44. The van der Waals surface area contributed by atoms with Gasteiger partial charge in [-0.15, -0.1) is 0 Å². The molecule has 2 aromatic rings. The van der Waals surface area contributed by atoms with Gasteiger partial charge in [-0.25, -0.2) is 4.68 Å². The van der Waals surface area contributed by atoms with Crippen LogP contribution in [-0.4, -0.2) is 15.8 Å². The zero-order valence-corrected chi connectivity index (χ0v) is 14.2. The molecule has 0 fully saturated rings. The molecular weight excluding hydrogens is 314 g/mol. The molecule has 0 bridgehead atoms. The van der Waals surface area contributed by atoms with E-state index >= 15 is 0 Å². The Bertz CT molecular complexity index is 614. The third-order valence-electron chi connectivity index (χ3n) is 3.61. The predicted molar refractivity (Wildman–Crippen MR) is 87.5 cm³/mol. The molecule has 0 saturated carbocycles. The van der Waals surface area contributed by atoms with E-state index in [0.29, 0.717) is 0 Å². The first-order chi connectivity index (χ1) is 9.43. The molecule has 20 heavy (non-hydrogen) atoms. The second kappa shape index (κ2) is 6.10. The second-order valence-corrected chi connectivity index (χ2v) is 6.28. The Morgan fingerprint density at radius 1 is 1.35 bits per heavy atom. The van der Waals surface area contributed by atoms with Crippen LogP contribution in [0.5, 0.6) is 0 Å². The summed E-state index contributed by atoms with van der Waals surface area (Å²) in [7, 11) is 0. The van der Waals surface area contributed by atoms with Crippen LogP contribution in [0.4, 0.5) is 0 Å². The number of hydrogen-bond acceptors (Lipinski definition) is 2. The molecule has 0 aliphatic rings. The van der Waals surface area contributed by atoms with E-state index in [9.17, 15) is 0 Å². The van der Waals surface area contributed by atoms with E-state index in [1.54, 1.807) is 0 Å². The predicted octanol–water partition coefficient (Wildman–Crippen LogP) is 3.70. The Morgan fingerprint density at radius 3 is 2.60 bits per heavy atom. The molecule has 1 aromatic carbocycles. The van der Waals surface area contributed by atoms with E-state index in [1.807, 2.05) is 6.92 Å². The minimum Gasteiger partial charge on any atom is -0.328 e. The van der Waals surface area contributed by atoms with E-state index in [0.717, 1.165) is 28.7 Å². The van der Waals surface area contributed by atoms with Gasteiger partial charge in [0.25, 0.3) is 0 Å². The number of rotatable bonds is 4. The summed E-state index contributed by atoms with van der Waals surface area (Å²) in [4.78, 5) is 0. The first kappa shape index (κ1) is 15.3. The molecular formula is C16H22BrN3. The number of benzene rings is 1. The van der Waals surface area contributed by atoms with Gasteiger partial charge in [0.05, 0.1) is 11.4 Å². The largest absolute Gasteiger partial charge is 0.328 e. The van der Waals surface area contributed by atoms with Crippen LogP contribution < -0.4 is 5.73 Å². The summed E-state index contributed by atoms with van der Waals surface area (Å²) in [5, 5.41) is 4.71. The quantitative estimate of drug-likeness (QED) is 0.925. The monoisotopic (exact) mass is 335 g/mol. The highest BCUT2D eigenvalue weighted by atomic mass is 79.9. The first-order valence-corrected chi connectivity index (χ1v) is 7.82. The van der Waals surface area contributed by atoms with Crippen molar-refractivity contribution in [3.63, 3.8) is 0 Å². The maximum absolute atomic E-state index is 5.98. The normalized spacial score (nSPS) is 12.7. The van der Waals surface area contributed by atoms with Crippen LogP contribution in [0.25, 0.3) is 5.69 Å². The average molecular weight is 336 g/mol. The maximum atomic E-state index is 5.98. The zero-order chi connectivity index (χ0) is 14.9. The number of aromatic nitrogens is 2. The van der Waals surface area contributed by atoms with E-state index in [2.05, 4.69) is 59.6 Å². The summed E-state index contributed by atoms with van der Waals surface area (Å²) >= 11 is 3.54. The minimum absolute atomic E-state index is 0.130. The SMILES string of the molecule is CCc1c(C)nn(-c2ccc(Br)cc2CC(C)N)c1C. The second-order valence-electron chi connectivity index (χ2n) is 5.37. The summed E-state index contributed by atoms with van der Waals surface area (Å²) in [6.45, 7) is 8.41. The van der Waals surface area contributed by atoms with Gasteiger partial charge in [0.2, 0.25) is 0 Å². The Balaban J connectivity index is 2.57. The van der Waals surface area contributed by atoms with Gasteiger partial charge >= 0.3 is 0 Å². The molecule has 2 rings (SSSR count). The van der Waals surface area contributed by atoms with Crippen LogP contribution in [0.3, 0.4) is 0 Å². The van der Waals surface area contributed by atoms with E-state index < -0.39 is 0 Å². The third-order valence-corrected chi connectivity index (χ3v) is 4.10. The van der Waals surface area contributed by atoms with E-state index in [4.69, 9.17) is 10.8 Å². The van der Waals surface area contributed by atoms with Gasteiger partial charge in [-0.1, -0.05) is 22.9 Å². The lowest BCUT2D eigenvalue weighted by Gasteiger charge is -2.14. The van der Waals surface area contributed by atoms with Crippen LogP contribution in [-0.2, 0) is 12.8 Å². The Morgan fingerprint density at radius 2 is 2.05 bits per heavy atom. The minimum atomic E-state index is 0.130. The van der Waals surface area contributed by atoms with Gasteiger partial charge < -0.3 is 5.73 Å². The molecule has 0 aliphatic heterocycles. The van der Waals surface area contributed by atoms with Crippen LogP contribution in [0.15, 0.2) is 22.7 Å². The molecule has 1 unspecified atom stereocenters. The number of halogens is 1. The van der Waals surface area contributed by atoms with Crippen molar-refractivity contribution < 1.29 is 0 Å². The van der Waals surface area contributed by atoms with Crippen molar-refractivity contribution >= 4 is 15.9 Å². The molecule has 1 aromatic heterocycles. The molecule has 0 aliphatic carbocycles. The lowest BCUT2D eigenvalue weighted by Crippen LogP contribution is -2.19. The van der Waals surface area contributed by atoms with Crippen molar-refractivity contribution in [3.05, 3.63) is 45.2 Å². The lowest BCUT2D eigenvalue weighted by atomic mass is 10.1. The third kappa shape index (κ3) is 2.96. The van der Waals surface area contributed by atoms with Crippen molar-refractivity contribution in [1.82, 2.24) is 9.78 Å². The summed E-state index contributed by atoms with van der Waals surface area (Å²) in [5.74, 6) is 0. The van der Waals surface area contributed by atoms with Crippen molar-refractivity contribution in [2.75, 3.05) is 0 Å². The summed E-state index contributed by atoms with van der Waals surface area (Å²) < 4.78 is 3.13. The van der Waals surface area contributed by atoms with Gasteiger partial charge in [-0.05, 0) is 62.9 Å². The molecule has 4 heteroatoms. The molecule has 1 heterocycles. The summed E-state index contributed by atoms with van der Waals surface area (Å²) in [6.07, 6.45) is 1.85. The van der Waals surface area contributed by atoms with Crippen molar-refractivity contribution in [1.29, 1.82) is 0 Å². The fourth-order valence-corrected chi connectivity index (χ4v) is 3.10. The van der Waals surface area contributed by atoms with Gasteiger partial charge in [0, 0.05) is 16.2 Å². The van der Waals surface area contributed by atoms with Crippen LogP contribution in [0.1, 0.15) is 36.4 Å². The molecule has 0 spiro atoms. The molecule has 3 nitrogen and oxygen atoms in total. The standard InChI is InChI=1S/C16H22BrN3/c1-5-15-11(3)19-20(12(15)4)16-7-6-14(17)9-13(16)8-10(2)18/h6-7,9-10H,5,8,18H2,1-4H3. The number of aryl methyl sites for hydroxylation is 1. The Labute approximate surface area is 129 Å². The smallest absolute Gasteiger partial charge is 0.0682 e. The lowest BCUT2D eigenvalue weighted by molar-refractivity contribution is 0.723. The first-order valence-electron chi connectivity index (χ1n) is 7.03. The highest BCUT2D eigenvalue weighted by Crippen LogP contribution is 2.24. The number of hydrogen-bond donors (Lipinski definition) is 1. The molecule has 1 atom stereocenters. The molecule has 108 valence electrons. The highest BCUT2D eigenvalue weighted by Gasteiger charge is 2.14. The molecule has 0 saturated heterocycles. The van der Waals surface area contributed by atoms with Crippen LogP contribution in [0, 0.1) is 13.8 Å². The molecule has 0 radical (unpaired) electrons. The summed E-state index contributed by atoms with van der Waals surface area (Å²) in [5.41, 5.74) is 12.0. The van der Waals surface area contributed by atoms with Gasteiger partial charge in [-0.2, -0.15) is 5.10 Å². The van der Waals surface area contributed by atoms with Crippen LogP contribution >= 0.6 is 15.9 Å². The average Bonchev–Trinajstić information content (AvgIpc) is 2.64. The number of nitrogens with two attached hydrogens (primary N) is 1. The highest BCUT2D eigenvalue weighted by molar-refractivity contribution is 9.10. The van der Waals surface area contributed by atoms with Crippen LogP contribution in [0.2, 0.25) is 0 Å². The molecule has 2 N–H and O–H groups in total. The van der Waals surface area contributed by atoms with Crippen molar-refractivity contribution in [3.8, 4) is 5.69 Å². The van der Waals surface area contributed by atoms with Gasteiger partial charge in [0.1, 0.15) is 0 Å². The zero-order valence-electron chi connectivity index (χ0n) is 12.6. The van der Waals surface area contributed by atoms with Gasteiger partial charge in [-0.3, -0.25) is 0 Å². The molecule has 0 amide bonds. The Kier molecular flexibility index (Phi) is 4.66. The van der Waals surface area contributed by atoms with Crippen molar-refractivity contribution in [2.45, 2.75) is 46.6 Å². The van der Waals surface area contributed by atoms with Crippen molar-refractivity contribution in [2.24, 2.45) is 5.73 Å². The van der Waals surface area contributed by atoms with Gasteiger partial charge in [0.15, 0.2) is 0 Å². The topological polar surface area (TPSA) is 43.8 Å². The number of nitrogens with zero attached hydrogens (tertiary/aromatic N) is 2. The van der Waals surface area contributed by atoms with E-state index in [1.165, 1.54) is 16.8 Å². The fraction of sp³-hybridized carbons (Fsp3) is 0.438.